The van der Waals surface area contributed by atoms with E-state index < -0.39 is 12.1 Å². The number of pyridine rings is 2. The summed E-state index contributed by atoms with van der Waals surface area (Å²) in [6.45, 7) is 2.26. The zero-order valence-electron chi connectivity index (χ0n) is 17.1. The molecule has 7 nitrogen and oxygen atoms in total. The van der Waals surface area contributed by atoms with Crippen LogP contribution < -0.4 is 4.74 Å². The van der Waals surface area contributed by atoms with Crippen molar-refractivity contribution >= 4 is 11.4 Å². The van der Waals surface area contributed by atoms with Crippen molar-refractivity contribution in [1.29, 1.82) is 0 Å². The number of fused-ring (bicyclic) bond motifs is 1. The largest absolute Gasteiger partial charge is 0.493 e. The highest BCUT2D eigenvalue weighted by Crippen LogP contribution is 2.24. The Labute approximate surface area is 177 Å². The van der Waals surface area contributed by atoms with Crippen molar-refractivity contribution < 1.29 is 18.3 Å². The molecule has 0 aromatic carbocycles. The Balaban J connectivity index is 1.63. The second-order valence-corrected chi connectivity index (χ2v) is 7.10. The molecule has 160 valence electrons. The summed E-state index contributed by atoms with van der Waals surface area (Å²) < 4.78 is 35.1. The fraction of sp³-hybridized carbons (Fsp3) is 0.273. The van der Waals surface area contributed by atoms with Gasteiger partial charge in [-0.15, -0.1) is 0 Å². The first-order valence-corrected chi connectivity index (χ1v) is 9.83. The van der Waals surface area contributed by atoms with Crippen molar-refractivity contribution in [2.45, 2.75) is 26.2 Å². The van der Waals surface area contributed by atoms with E-state index in [2.05, 4.69) is 15.1 Å². The molecule has 4 rings (SSSR count). The number of ether oxygens (including phenoxy) is 1. The molecule has 0 N–H and O–H groups in total. The Morgan fingerprint density at radius 3 is 2.71 bits per heavy atom. The van der Waals surface area contributed by atoms with Gasteiger partial charge in [-0.05, 0) is 25.1 Å². The molecule has 0 unspecified atom stereocenters. The maximum absolute atomic E-state index is 12.9. The number of hydrogen-bond donors (Lipinski definition) is 0. The van der Waals surface area contributed by atoms with E-state index in [0.717, 1.165) is 11.4 Å². The van der Waals surface area contributed by atoms with Gasteiger partial charge in [0.05, 0.1) is 18.0 Å². The van der Waals surface area contributed by atoms with Crippen molar-refractivity contribution in [3.8, 4) is 5.75 Å². The van der Waals surface area contributed by atoms with Crippen molar-refractivity contribution in [2.24, 2.45) is 7.05 Å². The van der Waals surface area contributed by atoms with Crippen LogP contribution in [0, 0.1) is 0 Å². The van der Waals surface area contributed by atoms with Crippen molar-refractivity contribution in [2.75, 3.05) is 6.61 Å². The number of aryl methyl sites for hydroxylation is 1. The third kappa shape index (κ3) is 4.60. The first-order valence-electron chi connectivity index (χ1n) is 9.83. The van der Waals surface area contributed by atoms with Gasteiger partial charge < -0.3 is 9.14 Å². The van der Waals surface area contributed by atoms with Gasteiger partial charge in [-0.2, -0.15) is 5.10 Å². The average Bonchev–Trinajstić information content (AvgIpc) is 3.33. The molecule has 0 saturated carbocycles. The standard InChI is InChI=1S/C22H21F2N5O2/c1-3-31-20-11-21-25-16(10-15-7-8-28(2)27-15)13-29(21)12-14(20)9-19(30)17-5-4-6-18(26-17)22(23)24/h4-8,11-13,22H,3,9-10H2,1-2H3. The van der Waals surface area contributed by atoms with E-state index in [1.165, 1.54) is 18.2 Å². The lowest BCUT2D eigenvalue weighted by Crippen LogP contribution is -2.10. The SMILES string of the molecule is CCOc1cc2nc(Cc3ccn(C)n3)cn2cc1CC(=O)c1cccc(C(F)F)n1. The number of halogens is 2. The van der Waals surface area contributed by atoms with Crippen LogP contribution >= 0.6 is 0 Å². The molecular weight excluding hydrogens is 404 g/mol. The predicted molar refractivity (Wildman–Crippen MR) is 110 cm³/mol. The first-order chi connectivity index (χ1) is 14.9. The average molecular weight is 425 g/mol. The smallest absolute Gasteiger partial charge is 0.280 e. The van der Waals surface area contributed by atoms with Crippen LogP contribution in [0.3, 0.4) is 0 Å². The van der Waals surface area contributed by atoms with E-state index in [1.54, 1.807) is 16.9 Å². The van der Waals surface area contributed by atoms with Crippen LogP contribution in [0.15, 0.2) is 48.9 Å². The van der Waals surface area contributed by atoms with Crippen LogP contribution in [0.25, 0.3) is 5.65 Å². The minimum Gasteiger partial charge on any atom is -0.493 e. The van der Waals surface area contributed by atoms with Gasteiger partial charge >= 0.3 is 0 Å². The summed E-state index contributed by atoms with van der Waals surface area (Å²) in [5, 5.41) is 4.37. The van der Waals surface area contributed by atoms with Gasteiger partial charge in [0.15, 0.2) is 5.78 Å². The van der Waals surface area contributed by atoms with Crippen molar-refractivity contribution in [3.63, 3.8) is 0 Å². The normalized spacial score (nSPS) is 11.4. The lowest BCUT2D eigenvalue weighted by molar-refractivity contribution is 0.0984. The summed E-state index contributed by atoms with van der Waals surface area (Å²) in [5.74, 6) is 0.167. The molecule has 9 heteroatoms. The number of imidazole rings is 1. The molecule has 0 spiro atoms. The number of carbonyl (C=O) groups is 1. The van der Waals surface area contributed by atoms with Crippen molar-refractivity contribution in [1.82, 2.24) is 24.1 Å². The molecule has 31 heavy (non-hydrogen) atoms. The third-order valence-corrected chi connectivity index (χ3v) is 4.74. The van der Waals surface area contributed by atoms with Crippen LogP contribution in [0.5, 0.6) is 5.75 Å². The molecule has 4 aromatic rings. The molecule has 0 aliphatic carbocycles. The second-order valence-electron chi connectivity index (χ2n) is 7.10. The molecule has 0 bridgehead atoms. The Morgan fingerprint density at radius 1 is 1.16 bits per heavy atom. The Morgan fingerprint density at radius 2 is 2.00 bits per heavy atom. The minimum atomic E-state index is -2.73. The van der Waals surface area contributed by atoms with E-state index in [-0.39, 0.29) is 17.9 Å². The maximum Gasteiger partial charge on any atom is 0.280 e. The molecule has 0 saturated heterocycles. The van der Waals surface area contributed by atoms with Gasteiger partial charge in [0.1, 0.15) is 22.8 Å². The summed E-state index contributed by atoms with van der Waals surface area (Å²) in [4.78, 5) is 21.1. The minimum absolute atomic E-state index is 0.00168. The van der Waals surface area contributed by atoms with E-state index in [9.17, 15) is 13.6 Å². The first kappa shape index (κ1) is 20.6. The number of rotatable bonds is 8. The van der Waals surface area contributed by atoms with Crippen LogP contribution in [0.2, 0.25) is 0 Å². The summed E-state index contributed by atoms with van der Waals surface area (Å²) in [6.07, 6.45) is 3.35. The number of aromatic nitrogens is 5. The van der Waals surface area contributed by atoms with Gasteiger partial charge in [0, 0.05) is 50.1 Å². The summed E-state index contributed by atoms with van der Waals surface area (Å²) in [6, 6.07) is 7.76. The molecule has 0 fully saturated rings. The number of ketones is 1. The lowest BCUT2D eigenvalue weighted by Gasteiger charge is -2.11. The fourth-order valence-corrected chi connectivity index (χ4v) is 3.35. The van der Waals surface area contributed by atoms with Crippen molar-refractivity contribution in [3.05, 3.63) is 77.3 Å². The number of Topliss-reactive ketones (excluding diaryl/α,β-unsaturated/α-hetero) is 1. The van der Waals surface area contributed by atoms with E-state index in [0.29, 0.717) is 30.0 Å². The van der Waals surface area contributed by atoms with Gasteiger partial charge in [0.25, 0.3) is 6.43 Å². The molecule has 4 heterocycles. The summed E-state index contributed by atoms with van der Waals surface area (Å²) in [7, 11) is 1.86. The summed E-state index contributed by atoms with van der Waals surface area (Å²) in [5.41, 5.74) is 2.63. The predicted octanol–water partition coefficient (Wildman–Crippen LogP) is 3.82. The number of hydrogen-bond acceptors (Lipinski definition) is 5. The van der Waals surface area contributed by atoms with E-state index in [4.69, 9.17) is 4.74 Å². The highest BCUT2D eigenvalue weighted by Gasteiger charge is 2.17. The highest BCUT2D eigenvalue weighted by molar-refractivity contribution is 5.96. The number of carbonyl (C=O) groups excluding carboxylic acids is 1. The van der Waals surface area contributed by atoms with Gasteiger partial charge in [0.2, 0.25) is 0 Å². The van der Waals surface area contributed by atoms with Gasteiger partial charge in [-0.1, -0.05) is 6.07 Å². The van der Waals surface area contributed by atoms with E-state index in [1.807, 2.05) is 36.8 Å². The molecule has 0 aliphatic heterocycles. The molecule has 0 atom stereocenters. The van der Waals surface area contributed by atoms with E-state index >= 15 is 0 Å². The highest BCUT2D eigenvalue weighted by atomic mass is 19.3. The molecular formula is C22H21F2N5O2. The second kappa shape index (κ2) is 8.63. The number of nitrogens with zero attached hydrogens (tertiary/aromatic N) is 5. The maximum atomic E-state index is 12.9. The van der Waals surface area contributed by atoms with Crippen LogP contribution in [0.1, 0.15) is 46.5 Å². The Bertz CT molecular complexity index is 1230. The third-order valence-electron chi connectivity index (χ3n) is 4.74. The molecule has 0 amide bonds. The van der Waals surface area contributed by atoms with Crippen LogP contribution in [-0.2, 0) is 19.9 Å². The topological polar surface area (TPSA) is 74.3 Å². The fourth-order valence-electron chi connectivity index (χ4n) is 3.35. The quantitative estimate of drug-likeness (QED) is 0.401. The van der Waals surface area contributed by atoms with Crippen LogP contribution in [0.4, 0.5) is 8.78 Å². The lowest BCUT2D eigenvalue weighted by atomic mass is 10.1. The monoisotopic (exact) mass is 425 g/mol. The Hall–Kier alpha value is -3.62. The van der Waals surface area contributed by atoms with Gasteiger partial charge in [-0.25, -0.2) is 18.7 Å². The van der Waals surface area contributed by atoms with Gasteiger partial charge in [-0.3, -0.25) is 9.48 Å². The van der Waals surface area contributed by atoms with Crippen LogP contribution in [-0.4, -0.2) is 36.5 Å². The summed E-state index contributed by atoms with van der Waals surface area (Å²) >= 11 is 0. The Kier molecular flexibility index (Phi) is 5.75. The zero-order valence-corrected chi connectivity index (χ0v) is 17.1. The molecule has 0 aliphatic rings. The zero-order chi connectivity index (χ0) is 22.0. The molecule has 0 radical (unpaired) electrons. The number of alkyl halides is 2. The molecule has 4 aromatic heterocycles.